The summed E-state index contributed by atoms with van der Waals surface area (Å²) < 4.78 is 5.21. The van der Waals surface area contributed by atoms with Crippen molar-refractivity contribution in [2.75, 3.05) is 5.32 Å². The first-order valence-corrected chi connectivity index (χ1v) is 10.7. The number of nitrogens with zero attached hydrogens (tertiary/aromatic N) is 4. The molecule has 0 atom stereocenters. The normalized spacial score (nSPS) is 10.8. The minimum absolute atomic E-state index is 0.0265. The van der Waals surface area contributed by atoms with Gasteiger partial charge in [-0.2, -0.15) is 4.98 Å². The van der Waals surface area contributed by atoms with Crippen molar-refractivity contribution >= 4 is 39.7 Å². The van der Waals surface area contributed by atoms with Gasteiger partial charge in [-0.1, -0.05) is 28.9 Å². The van der Waals surface area contributed by atoms with Crippen LogP contribution in [0, 0.1) is 17.0 Å². The second-order valence-electron chi connectivity index (χ2n) is 6.86. The first kappa shape index (κ1) is 21.6. The van der Waals surface area contributed by atoms with Crippen molar-refractivity contribution in [2.45, 2.75) is 19.8 Å². The standard InChI is InChI=1S/C21H16ClN5O4S/c1-12-2-3-14(10-17(12)27(29)30)16-11-32-21(23-16)24-18(28)8-9-19-25-20(26-31-19)13-4-6-15(22)7-5-13/h2-7,10-11H,8-9H2,1H3,(H,23,24,28). The van der Waals surface area contributed by atoms with Gasteiger partial charge in [-0.15, -0.1) is 11.3 Å². The molecule has 4 rings (SSSR count). The number of hydrogen-bond donors (Lipinski definition) is 1. The van der Waals surface area contributed by atoms with Gasteiger partial charge in [0.1, 0.15) is 0 Å². The zero-order valence-corrected chi connectivity index (χ0v) is 18.3. The number of amides is 1. The SMILES string of the molecule is Cc1ccc(-c2csc(NC(=O)CCc3nc(-c4ccc(Cl)cc4)no3)n2)cc1[N+](=O)[O-]. The molecule has 1 amide bonds. The molecule has 0 saturated heterocycles. The molecule has 0 unspecified atom stereocenters. The topological polar surface area (TPSA) is 124 Å². The number of aromatic nitrogens is 3. The first-order valence-electron chi connectivity index (χ1n) is 9.48. The predicted molar refractivity (Wildman–Crippen MR) is 121 cm³/mol. The number of anilines is 1. The highest BCUT2D eigenvalue weighted by atomic mass is 35.5. The molecule has 9 nitrogen and oxygen atoms in total. The van der Waals surface area contributed by atoms with Crippen molar-refractivity contribution in [3.8, 4) is 22.6 Å². The minimum atomic E-state index is -0.427. The Bertz CT molecular complexity index is 1290. The molecule has 0 aliphatic heterocycles. The number of thiazole rings is 1. The Kier molecular flexibility index (Phi) is 6.24. The summed E-state index contributed by atoms with van der Waals surface area (Å²) in [7, 11) is 0. The number of nitrogens with one attached hydrogen (secondary N) is 1. The molecule has 4 aromatic rings. The monoisotopic (exact) mass is 469 g/mol. The number of nitro benzene ring substituents is 1. The average Bonchev–Trinajstić information content (AvgIpc) is 3.43. The number of rotatable bonds is 7. The summed E-state index contributed by atoms with van der Waals surface area (Å²) in [5.74, 6) is 0.512. The van der Waals surface area contributed by atoms with Crippen molar-refractivity contribution in [1.29, 1.82) is 0 Å². The number of nitro groups is 1. The zero-order chi connectivity index (χ0) is 22.7. The fraction of sp³-hybridized carbons (Fsp3) is 0.143. The van der Waals surface area contributed by atoms with Gasteiger partial charge in [-0.25, -0.2) is 4.98 Å². The number of carbonyl (C=O) groups excluding carboxylic acids is 1. The molecule has 0 spiro atoms. The lowest BCUT2D eigenvalue weighted by atomic mass is 10.1. The van der Waals surface area contributed by atoms with Crippen molar-refractivity contribution in [2.24, 2.45) is 0 Å². The Morgan fingerprint density at radius 1 is 1.19 bits per heavy atom. The van der Waals surface area contributed by atoms with Crippen LogP contribution in [-0.4, -0.2) is 26.0 Å². The maximum absolute atomic E-state index is 12.3. The number of carbonyl (C=O) groups is 1. The van der Waals surface area contributed by atoms with Crippen LogP contribution in [0.4, 0.5) is 10.8 Å². The van der Waals surface area contributed by atoms with Crippen LogP contribution in [0.3, 0.4) is 0 Å². The third-order valence-electron chi connectivity index (χ3n) is 4.59. The van der Waals surface area contributed by atoms with E-state index in [-0.39, 0.29) is 24.4 Å². The van der Waals surface area contributed by atoms with Crippen LogP contribution in [0.5, 0.6) is 0 Å². The molecule has 32 heavy (non-hydrogen) atoms. The summed E-state index contributed by atoms with van der Waals surface area (Å²) in [4.78, 5) is 31.7. The van der Waals surface area contributed by atoms with Crippen molar-refractivity contribution in [3.05, 3.63) is 74.4 Å². The molecule has 162 valence electrons. The summed E-state index contributed by atoms with van der Waals surface area (Å²) in [5.41, 5.74) is 2.53. The summed E-state index contributed by atoms with van der Waals surface area (Å²) in [5, 5.41) is 20.5. The molecule has 2 aromatic heterocycles. The number of benzene rings is 2. The second-order valence-corrected chi connectivity index (χ2v) is 8.16. The fourth-order valence-electron chi connectivity index (χ4n) is 2.90. The van der Waals surface area contributed by atoms with Crippen molar-refractivity contribution in [3.63, 3.8) is 0 Å². The Morgan fingerprint density at radius 3 is 2.69 bits per heavy atom. The van der Waals surface area contributed by atoms with Crippen molar-refractivity contribution in [1.82, 2.24) is 15.1 Å². The van der Waals surface area contributed by atoms with E-state index in [2.05, 4.69) is 20.4 Å². The largest absolute Gasteiger partial charge is 0.339 e. The summed E-state index contributed by atoms with van der Waals surface area (Å²) >= 11 is 7.12. The molecule has 0 aliphatic rings. The van der Waals surface area contributed by atoms with E-state index in [0.29, 0.717) is 38.7 Å². The van der Waals surface area contributed by atoms with Gasteiger partial charge in [0.2, 0.25) is 17.6 Å². The van der Waals surface area contributed by atoms with Crippen LogP contribution >= 0.6 is 22.9 Å². The average molecular weight is 470 g/mol. The van der Waals surface area contributed by atoms with E-state index in [9.17, 15) is 14.9 Å². The van der Waals surface area contributed by atoms with E-state index in [0.717, 1.165) is 5.56 Å². The fourth-order valence-corrected chi connectivity index (χ4v) is 3.77. The molecule has 0 fully saturated rings. The Labute approximate surface area is 191 Å². The number of halogens is 1. The Balaban J connectivity index is 1.36. The van der Waals surface area contributed by atoms with Gasteiger partial charge in [-0.05, 0) is 31.2 Å². The third kappa shape index (κ3) is 4.98. The van der Waals surface area contributed by atoms with E-state index >= 15 is 0 Å². The van der Waals surface area contributed by atoms with Crippen LogP contribution in [-0.2, 0) is 11.2 Å². The smallest absolute Gasteiger partial charge is 0.272 e. The molecule has 0 bridgehead atoms. The molecule has 1 N–H and O–H groups in total. The van der Waals surface area contributed by atoms with Gasteiger partial charge in [-0.3, -0.25) is 14.9 Å². The van der Waals surface area contributed by atoms with Crippen LogP contribution in [0.2, 0.25) is 5.02 Å². The number of hydrogen-bond acceptors (Lipinski definition) is 8. The summed E-state index contributed by atoms with van der Waals surface area (Å²) in [6.45, 7) is 1.68. The molecule has 0 radical (unpaired) electrons. The van der Waals surface area contributed by atoms with Gasteiger partial charge in [0.15, 0.2) is 5.13 Å². The third-order valence-corrected chi connectivity index (χ3v) is 5.60. The quantitative estimate of drug-likeness (QED) is 0.287. The minimum Gasteiger partial charge on any atom is -0.339 e. The lowest BCUT2D eigenvalue weighted by Gasteiger charge is -2.01. The molecule has 0 aliphatic carbocycles. The van der Waals surface area contributed by atoms with Gasteiger partial charge >= 0.3 is 0 Å². The first-order chi connectivity index (χ1) is 15.4. The van der Waals surface area contributed by atoms with Gasteiger partial charge < -0.3 is 9.84 Å². The molecule has 2 heterocycles. The summed E-state index contributed by atoms with van der Waals surface area (Å²) in [6.07, 6.45) is 0.405. The molecular formula is C21H16ClN5O4S. The van der Waals surface area contributed by atoms with E-state index in [1.807, 2.05) is 0 Å². The zero-order valence-electron chi connectivity index (χ0n) is 16.7. The second kappa shape index (κ2) is 9.25. The van der Waals surface area contributed by atoms with Gasteiger partial charge in [0.05, 0.1) is 10.6 Å². The predicted octanol–water partition coefficient (Wildman–Crippen LogP) is 5.30. The maximum Gasteiger partial charge on any atom is 0.272 e. The van der Waals surface area contributed by atoms with Crippen molar-refractivity contribution < 1.29 is 14.2 Å². The Hall–Kier alpha value is -3.63. The molecule has 0 saturated carbocycles. The van der Waals surface area contributed by atoms with Crippen LogP contribution in [0.1, 0.15) is 17.9 Å². The molecular weight excluding hydrogens is 454 g/mol. The van der Waals surface area contributed by atoms with E-state index < -0.39 is 4.92 Å². The van der Waals surface area contributed by atoms with Gasteiger partial charge in [0, 0.05) is 46.0 Å². The molecule has 11 heteroatoms. The van der Waals surface area contributed by atoms with Gasteiger partial charge in [0.25, 0.3) is 5.69 Å². The lowest BCUT2D eigenvalue weighted by Crippen LogP contribution is -2.12. The summed E-state index contributed by atoms with van der Waals surface area (Å²) in [6, 6.07) is 11.9. The lowest BCUT2D eigenvalue weighted by molar-refractivity contribution is -0.385. The Morgan fingerprint density at radius 2 is 1.94 bits per heavy atom. The van der Waals surface area contributed by atoms with E-state index in [1.54, 1.807) is 48.7 Å². The highest BCUT2D eigenvalue weighted by Gasteiger charge is 2.15. The van der Waals surface area contributed by atoms with Crippen LogP contribution < -0.4 is 5.32 Å². The highest BCUT2D eigenvalue weighted by molar-refractivity contribution is 7.14. The number of aryl methyl sites for hydroxylation is 2. The molecule has 2 aromatic carbocycles. The highest BCUT2D eigenvalue weighted by Crippen LogP contribution is 2.29. The van der Waals surface area contributed by atoms with Crippen LogP contribution in [0.25, 0.3) is 22.6 Å². The van der Waals surface area contributed by atoms with Crippen LogP contribution in [0.15, 0.2) is 52.4 Å². The van der Waals surface area contributed by atoms with E-state index in [4.69, 9.17) is 16.1 Å². The maximum atomic E-state index is 12.3. The van der Waals surface area contributed by atoms with E-state index in [1.165, 1.54) is 17.4 Å².